The van der Waals surface area contributed by atoms with Gasteiger partial charge in [0, 0.05) is 30.6 Å². The quantitative estimate of drug-likeness (QED) is 0.0368. The minimum Gasteiger partial charge on any atom is -0.497 e. The standard InChI is InChI=1S/C47H55N6O7P/c1-10-34-28-52(45-43(34)44(49-30-50-45)51-46(54)31(2)3)42-27-40(60-61(58-26-14-25-48)53(32(4)5)33(6)7)41(59-42)29-57-47(35-15-12-11-13-16-35,36-17-21-38(55-8)22-18-36)37-19-23-39(56-9)24-20-37/h1,11-13,15-24,28,30-33,40-42H,14,26-27,29H2,2-9H3,(H,49,50,51,54)/t40-,41+,42+,61?/m0/s1. The van der Waals surface area contributed by atoms with E-state index >= 15 is 0 Å². The van der Waals surface area contributed by atoms with Crippen molar-refractivity contribution in [1.29, 1.82) is 5.26 Å². The number of ether oxygens (including phenoxy) is 4. The van der Waals surface area contributed by atoms with Gasteiger partial charge in [-0.2, -0.15) is 5.26 Å². The number of terminal acetylenes is 1. The molecule has 14 heteroatoms. The predicted molar refractivity (Wildman–Crippen MR) is 236 cm³/mol. The first-order chi connectivity index (χ1) is 29.4. The van der Waals surface area contributed by atoms with Crippen LogP contribution < -0.4 is 14.8 Å². The molecule has 0 radical (unpaired) electrons. The minimum absolute atomic E-state index is 0.0691. The van der Waals surface area contributed by atoms with Gasteiger partial charge in [0.2, 0.25) is 5.91 Å². The third-order valence-electron chi connectivity index (χ3n) is 10.5. The summed E-state index contributed by atoms with van der Waals surface area (Å²) in [5.74, 6) is 4.03. The lowest BCUT2D eigenvalue weighted by Gasteiger charge is -2.39. The van der Waals surface area contributed by atoms with Gasteiger partial charge in [-0.1, -0.05) is 74.4 Å². The van der Waals surface area contributed by atoms with Gasteiger partial charge in [0.05, 0.1) is 57.0 Å². The van der Waals surface area contributed by atoms with Gasteiger partial charge in [-0.05, 0) is 68.7 Å². The zero-order chi connectivity index (χ0) is 43.7. The zero-order valence-electron chi connectivity index (χ0n) is 36.1. The number of hydrogen-bond donors (Lipinski definition) is 1. The molecule has 4 atom stereocenters. The summed E-state index contributed by atoms with van der Waals surface area (Å²) in [4.78, 5) is 21.9. The molecular weight excluding hydrogens is 792 g/mol. The highest BCUT2D eigenvalue weighted by Gasteiger charge is 2.45. The lowest BCUT2D eigenvalue weighted by Crippen LogP contribution is -2.39. The van der Waals surface area contributed by atoms with Crippen LogP contribution in [0.25, 0.3) is 11.0 Å². The van der Waals surface area contributed by atoms with Crippen LogP contribution in [0.15, 0.2) is 91.4 Å². The molecule has 1 fully saturated rings. The summed E-state index contributed by atoms with van der Waals surface area (Å²) in [6.07, 6.45) is 8.04. The first kappa shape index (κ1) is 45.2. The Morgan fingerprint density at radius 1 is 0.951 bits per heavy atom. The number of fused-ring (bicyclic) bond motifs is 1. The van der Waals surface area contributed by atoms with E-state index in [0.717, 1.165) is 16.7 Å². The van der Waals surface area contributed by atoms with Gasteiger partial charge in [0.15, 0.2) is 0 Å². The fraction of sp³-hybridized carbons (Fsp3) is 0.404. The van der Waals surface area contributed by atoms with E-state index in [9.17, 15) is 10.1 Å². The van der Waals surface area contributed by atoms with Crippen molar-refractivity contribution in [2.45, 2.75) is 90.5 Å². The normalized spacial score (nSPS) is 17.2. The second-order valence-corrected chi connectivity index (χ2v) is 16.9. The summed E-state index contributed by atoms with van der Waals surface area (Å²) >= 11 is 0. The molecule has 13 nitrogen and oxygen atoms in total. The van der Waals surface area contributed by atoms with Gasteiger partial charge in [0.25, 0.3) is 8.53 Å². The van der Waals surface area contributed by atoms with Gasteiger partial charge in [-0.3, -0.25) is 4.79 Å². The Morgan fingerprint density at radius 3 is 2.10 bits per heavy atom. The van der Waals surface area contributed by atoms with Crippen molar-refractivity contribution in [1.82, 2.24) is 19.2 Å². The molecule has 6 rings (SSSR count). The summed E-state index contributed by atoms with van der Waals surface area (Å²) in [6, 6.07) is 28.1. The molecule has 0 aliphatic carbocycles. The molecule has 3 aromatic carbocycles. The SMILES string of the molecule is C#Cc1cn([C@H]2C[C@H](OP(OCCC#N)N(C(C)C)C(C)C)[C@@H](COC(c3ccccc3)(c3ccc(OC)cc3)c3ccc(OC)cc3)O2)c2ncnc(NC(=O)C(C)C)c12. The first-order valence-corrected chi connectivity index (χ1v) is 21.6. The fourth-order valence-corrected chi connectivity index (χ4v) is 9.35. The number of methoxy groups -OCH3 is 2. The summed E-state index contributed by atoms with van der Waals surface area (Å²) in [7, 11) is 1.61. The molecule has 5 aromatic rings. The second kappa shape index (κ2) is 20.5. The summed E-state index contributed by atoms with van der Waals surface area (Å²) in [6.45, 7) is 12.3. The lowest BCUT2D eigenvalue weighted by molar-refractivity contribution is -0.118. The van der Waals surface area contributed by atoms with E-state index in [1.807, 2.05) is 85.1 Å². The minimum atomic E-state index is -1.67. The molecule has 1 unspecified atom stereocenters. The van der Waals surface area contributed by atoms with Crippen LogP contribution in [0.4, 0.5) is 5.82 Å². The molecule has 1 amide bonds. The average molecular weight is 847 g/mol. The summed E-state index contributed by atoms with van der Waals surface area (Å²) < 4.78 is 43.1. The van der Waals surface area contributed by atoms with Crippen LogP contribution in [0.2, 0.25) is 0 Å². The number of amides is 1. The maximum absolute atomic E-state index is 12.8. The molecule has 1 N–H and O–H groups in total. The molecule has 0 spiro atoms. The number of anilines is 1. The maximum atomic E-state index is 12.8. The van der Waals surface area contributed by atoms with Crippen molar-refractivity contribution >= 4 is 31.3 Å². The van der Waals surface area contributed by atoms with Gasteiger partial charge in [-0.25, -0.2) is 14.6 Å². The predicted octanol–water partition coefficient (Wildman–Crippen LogP) is 8.98. The van der Waals surface area contributed by atoms with E-state index in [2.05, 4.69) is 71.8 Å². The third-order valence-corrected chi connectivity index (χ3v) is 12.7. The topological polar surface area (TPSA) is 142 Å². The molecule has 0 saturated carbocycles. The largest absolute Gasteiger partial charge is 0.497 e. The molecule has 2 aromatic heterocycles. The van der Waals surface area contributed by atoms with Crippen molar-refractivity contribution in [3.8, 4) is 29.9 Å². The van der Waals surface area contributed by atoms with Crippen LogP contribution >= 0.6 is 8.53 Å². The Balaban J connectivity index is 1.47. The van der Waals surface area contributed by atoms with E-state index in [0.29, 0.717) is 40.3 Å². The van der Waals surface area contributed by atoms with Crippen molar-refractivity contribution in [2.75, 3.05) is 32.8 Å². The number of rotatable bonds is 19. The Labute approximate surface area is 360 Å². The molecule has 0 bridgehead atoms. The van der Waals surface area contributed by atoms with Crippen molar-refractivity contribution in [3.63, 3.8) is 0 Å². The highest BCUT2D eigenvalue weighted by Crippen LogP contribution is 2.51. The van der Waals surface area contributed by atoms with Crippen molar-refractivity contribution in [2.24, 2.45) is 5.92 Å². The van der Waals surface area contributed by atoms with E-state index < -0.39 is 32.6 Å². The monoisotopic (exact) mass is 846 g/mol. The summed E-state index contributed by atoms with van der Waals surface area (Å²) in [5, 5.41) is 12.9. The van der Waals surface area contributed by atoms with Crippen LogP contribution in [0.3, 0.4) is 0 Å². The Kier molecular flexibility index (Phi) is 15.1. The number of aromatic nitrogens is 3. The van der Waals surface area contributed by atoms with E-state index in [1.165, 1.54) is 6.33 Å². The lowest BCUT2D eigenvalue weighted by atomic mass is 9.80. The Morgan fingerprint density at radius 2 is 1.56 bits per heavy atom. The highest BCUT2D eigenvalue weighted by molar-refractivity contribution is 7.44. The number of hydrogen-bond acceptors (Lipinski definition) is 11. The van der Waals surface area contributed by atoms with Gasteiger partial charge < -0.3 is 37.9 Å². The number of carbonyl (C=O) groups excluding carboxylic acids is 1. The van der Waals surface area contributed by atoms with Crippen LogP contribution in [-0.4, -0.2) is 76.8 Å². The number of nitrogens with one attached hydrogen (secondary N) is 1. The molecule has 320 valence electrons. The van der Waals surface area contributed by atoms with E-state index in [4.69, 9.17) is 34.4 Å². The molecule has 61 heavy (non-hydrogen) atoms. The maximum Gasteiger partial charge on any atom is 0.259 e. The van der Waals surface area contributed by atoms with Crippen LogP contribution in [0.1, 0.15) is 82.9 Å². The Hall–Kier alpha value is -5.37. The molecule has 3 heterocycles. The average Bonchev–Trinajstić information content (AvgIpc) is 3.85. The Bertz CT molecular complexity index is 2250. The number of nitrogens with zero attached hydrogens (tertiary/aromatic N) is 5. The van der Waals surface area contributed by atoms with E-state index in [1.54, 1.807) is 20.4 Å². The molecule has 1 aliphatic heterocycles. The fourth-order valence-electron chi connectivity index (χ4n) is 7.59. The summed E-state index contributed by atoms with van der Waals surface area (Å²) in [5.41, 5.74) is 2.51. The van der Waals surface area contributed by atoms with Crippen molar-refractivity contribution in [3.05, 3.63) is 114 Å². The van der Waals surface area contributed by atoms with Gasteiger partial charge >= 0.3 is 0 Å². The highest BCUT2D eigenvalue weighted by atomic mass is 31.2. The molecular formula is C47H55N6O7P. The van der Waals surface area contributed by atoms with Gasteiger partial charge in [-0.15, -0.1) is 6.42 Å². The molecule has 1 aliphatic rings. The molecule has 1 saturated heterocycles. The van der Waals surface area contributed by atoms with Crippen LogP contribution in [0, 0.1) is 29.6 Å². The van der Waals surface area contributed by atoms with Crippen LogP contribution in [0.5, 0.6) is 11.5 Å². The van der Waals surface area contributed by atoms with Gasteiger partial charge in [0.1, 0.15) is 47.2 Å². The zero-order valence-corrected chi connectivity index (χ0v) is 37.0. The number of carbonyl (C=O) groups is 1. The van der Waals surface area contributed by atoms with E-state index in [-0.39, 0.29) is 43.5 Å². The van der Waals surface area contributed by atoms with Crippen LogP contribution in [-0.2, 0) is 28.9 Å². The number of benzene rings is 3. The number of nitriles is 1. The first-order valence-electron chi connectivity index (χ1n) is 20.5. The third kappa shape index (κ3) is 9.90. The second-order valence-electron chi connectivity index (χ2n) is 15.5. The van der Waals surface area contributed by atoms with Crippen molar-refractivity contribution < 1.29 is 32.8 Å². The smallest absolute Gasteiger partial charge is 0.259 e.